The summed E-state index contributed by atoms with van der Waals surface area (Å²) in [5.41, 5.74) is 1.88. The molecule has 142 valence electrons. The summed E-state index contributed by atoms with van der Waals surface area (Å²) in [5.74, 6) is 4.35. The molecule has 0 spiro atoms. The Morgan fingerprint density at radius 3 is 2.26 bits per heavy atom. The molecule has 4 heteroatoms. The molecule has 0 atom stereocenters. The lowest BCUT2D eigenvalue weighted by atomic mass is 9.53. The number of furan rings is 1. The Hall–Kier alpha value is -2.07. The first-order valence-corrected chi connectivity index (χ1v) is 10.1. The molecule has 4 fully saturated rings. The predicted octanol–water partition coefficient (Wildman–Crippen LogP) is 4.79. The second-order valence-corrected chi connectivity index (χ2v) is 8.89. The molecular formula is C23H27NO3. The lowest BCUT2D eigenvalue weighted by molar-refractivity contribution is -0.0213. The molecule has 4 nitrogen and oxygen atoms in total. The molecule has 1 N–H and O–H groups in total. The lowest BCUT2D eigenvalue weighted by Gasteiger charge is -2.57. The van der Waals surface area contributed by atoms with Gasteiger partial charge in [-0.3, -0.25) is 0 Å². The maximum absolute atomic E-state index is 11.6. The molecule has 4 saturated carbocycles. The summed E-state index contributed by atoms with van der Waals surface area (Å²) in [7, 11) is 1.39. The van der Waals surface area contributed by atoms with E-state index in [2.05, 4.69) is 11.4 Å². The van der Waals surface area contributed by atoms with Crippen LogP contribution in [0.5, 0.6) is 0 Å². The molecule has 6 rings (SSSR count). The second kappa shape index (κ2) is 6.52. The minimum Gasteiger partial charge on any atom is -0.465 e. The van der Waals surface area contributed by atoms with E-state index in [9.17, 15) is 4.79 Å². The molecule has 4 aliphatic rings. The van der Waals surface area contributed by atoms with Crippen LogP contribution in [0.1, 0.15) is 54.6 Å². The number of methoxy groups -OCH3 is 1. The van der Waals surface area contributed by atoms with E-state index < -0.39 is 0 Å². The van der Waals surface area contributed by atoms with Crippen LogP contribution in [0.4, 0.5) is 0 Å². The van der Waals surface area contributed by atoms with Crippen molar-refractivity contribution < 1.29 is 13.9 Å². The van der Waals surface area contributed by atoms with Crippen molar-refractivity contribution in [2.45, 2.75) is 50.6 Å². The van der Waals surface area contributed by atoms with Gasteiger partial charge in [0.15, 0.2) is 0 Å². The first-order chi connectivity index (χ1) is 13.1. The standard InChI is InChI=1S/C23H27NO3/c1-26-22(25)19-4-2-18(3-5-19)21-7-6-20(27-21)14-24-23-11-15-8-16(12-23)10-17(9-15)13-23/h2-7,15-17,24H,8-14H2,1H3. The highest BCUT2D eigenvalue weighted by Crippen LogP contribution is 2.55. The summed E-state index contributed by atoms with van der Waals surface area (Å²) < 4.78 is 10.8. The number of ether oxygens (including phenoxy) is 1. The van der Waals surface area contributed by atoms with Crippen molar-refractivity contribution in [1.29, 1.82) is 0 Å². The van der Waals surface area contributed by atoms with E-state index in [-0.39, 0.29) is 5.97 Å². The van der Waals surface area contributed by atoms with Crippen molar-refractivity contribution in [2.24, 2.45) is 17.8 Å². The maximum Gasteiger partial charge on any atom is 0.337 e. The Morgan fingerprint density at radius 2 is 1.67 bits per heavy atom. The number of carbonyl (C=O) groups excluding carboxylic acids is 1. The van der Waals surface area contributed by atoms with Gasteiger partial charge in [0, 0.05) is 11.1 Å². The average molecular weight is 365 g/mol. The largest absolute Gasteiger partial charge is 0.465 e. The zero-order valence-corrected chi connectivity index (χ0v) is 15.9. The number of nitrogens with one attached hydrogen (secondary N) is 1. The summed E-state index contributed by atoms with van der Waals surface area (Å²) in [4.78, 5) is 11.6. The minimum atomic E-state index is -0.318. The highest BCUT2D eigenvalue weighted by atomic mass is 16.5. The van der Waals surface area contributed by atoms with Crippen molar-refractivity contribution in [2.75, 3.05) is 7.11 Å². The van der Waals surface area contributed by atoms with E-state index >= 15 is 0 Å². The average Bonchev–Trinajstić information content (AvgIpc) is 3.14. The number of esters is 1. The maximum atomic E-state index is 11.6. The first-order valence-electron chi connectivity index (χ1n) is 10.1. The number of rotatable bonds is 5. The minimum absolute atomic E-state index is 0.318. The number of benzene rings is 1. The van der Waals surface area contributed by atoms with Crippen LogP contribution in [-0.4, -0.2) is 18.6 Å². The molecule has 4 bridgehead atoms. The van der Waals surface area contributed by atoms with Gasteiger partial charge in [-0.1, -0.05) is 12.1 Å². The summed E-state index contributed by atoms with van der Waals surface area (Å²) >= 11 is 0. The van der Waals surface area contributed by atoms with Crippen molar-refractivity contribution >= 4 is 5.97 Å². The van der Waals surface area contributed by atoms with Gasteiger partial charge in [-0.05, 0) is 80.5 Å². The Kier molecular flexibility index (Phi) is 4.12. The quantitative estimate of drug-likeness (QED) is 0.774. The van der Waals surface area contributed by atoms with Gasteiger partial charge in [0.25, 0.3) is 0 Å². The lowest BCUT2D eigenvalue weighted by Crippen LogP contribution is -2.58. The molecule has 1 aromatic heterocycles. The van der Waals surface area contributed by atoms with E-state index in [1.807, 2.05) is 18.2 Å². The van der Waals surface area contributed by atoms with E-state index in [0.29, 0.717) is 11.1 Å². The fourth-order valence-corrected chi connectivity index (χ4v) is 6.12. The zero-order valence-electron chi connectivity index (χ0n) is 15.9. The van der Waals surface area contributed by atoms with Crippen LogP contribution in [0.15, 0.2) is 40.8 Å². The highest BCUT2D eigenvalue weighted by molar-refractivity contribution is 5.89. The van der Waals surface area contributed by atoms with Gasteiger partial charge in [0.1, 0.15) is 11.5 Å². The van der Waals surface area contributed by atoms with Crippen LogP contribution in [0.25, 0.3) is 11.3 Å². The monoisotopic (exact) mass is 365 g/mol. The Bertz CT molecular complexity index is 800. The molecule has 0 amide bonds. The molecular weight excluding hydrogens is 338 g/mol. The number of carbonyl (C=O) groups is 1. The Labute approximate surface area is 160 Å². The summed E-state index contributed by atoms with van der Waals surface area (Å²) in [5, 5.41) is 3.89. The van der Waals surface area contributed by atoms with Gasteiger partial charge in [-0.25, -0.2) is 4.79 Å². The van der Waals surface area contributed by atoms with Gasteiger partial charge >= 0.3 is 5.97 Å². The molecule has 0 aliphatic heterocycles. The summed E-state index contributed by atoms with van der Waals surface area (Å²) in [6, 6.07) is 11.4. The molecule has 0 saturated heterocycles. The molecule has 27 heavy (non-hydrogen) atoms. The van der Waals surface area contributed by atoms with Crippen molar-refractivity contribution in [3.8, 4) is 11.3 Å². The highest BCUT2D eigenvalue weighted by Gasteiger charge is 2.50. The molecule has 1 aromatic carbocycles. The Morgan fingerprint density at radius 1 is 1.04 bits per heavy atom. The van der Waals surface area contributed by atoms with Crippen LogP contribution in [0, 0.1) is 17.8 Å². The van der Waals surface area contributed by atoms with Gasteiger partial charge in [0.05, 0.1) is 19.2 Å². The number of hydrogen-bond acceptors (Lipinski definition) is 4. The smallest absolute Gasteiger partial charge is 0.337 e. The normalized spacial score (nSPS) is 31.2. The van der Waals surface area contributed by atoms with E-state index in [4.69, 9.17) is 9.15 Å². The molecule has 4 aliphatic carbocycles. The summed E-state index contributed by atoms with van der Waals surface area (Å²) in [6.07, 6.45) is 8.44. The van der Waals surface area contributed by atoms with Crippen LogP contribution < -0.4 is 5.32 Å². The third kappa shape index (κ3) is 3.20. The van der Waals surface area contributed by atoms with E-state index in [0.717, 1.165) is 41.4 Å². The van der Waals surface area contributed by atoms with Crippen molar-refractivity contribution in [3.05, 3.63) is 47.7 Å². The number of hydrogen-bond donors (Lipinski definition) is 1. The Balaban J connectivity index is 1.26. The van der Waals surface area contributed by atoms with Crippen molar-refractivity contribution in [3.63, 3.8) is 0 Å². The molecule has 2 aromatic rings. The topological polar surface area (TPSA) is 51.5 Å². The van der Waals surface area contributed by atoms with E-state index in [1.54, 1.807) is 12.1 Å². The molecule has 0 unspecified atom stereocenters. The zero-order chi connectivity index (χ0) is 18.4. The second-order valence-electron chi connectivity index (χ2n) is 8.89. The molecule has 0 radical (unpaired) electrons. The summed E-state index contributed by atoms with van der Waals surface area (Å²) in [6.45, 7) is 0.798. The van der Waals surface area contributed by atoms with Crippen LogP contribution in [0.2, 0.25) is 0 Å². The predicted molar refractivity (Wildman–Crippen MR) is 103 cm³/mol. The fourth-order valence-electron chi connectivity index (χ4n) is 6.12. The third-order valence-corrected chi connectivity index (χ3v) is 6.93. The molecule has 1 heterocycles. The van der Waals surface area contributed by atoms with Gasteiger partial charge in [0.2, 0.25) is 0 Å². The van der Waals surface area contributed by atoms with Gasteiger partial charge < -0.3 is 14.5 Å². The van der Waals surface area contributed by atoms with E-state index in [1.165, 1.54) is 45.6 Å². The van der Waals surface area contributed by atoms with Crippen LogP contribution in [-0.2, 0) is 11.3 Å². The SMILES string of the molecule is COC(=O)c1ccc(-c2ccc(CNC34CC5CC(CC(C5)C3)C4)o2)cc1. The van der Waals surface area contributed by atoms with Crippen LogP contribution in [0.3, 0.4) is 0 Å². The first kappa shape index (κ1) is 17.1. The third-order valence-electron chi connectivity index (χ3n) is 6.93. The fraction of sp³-hybridized carbons (Fsp3) is 0.522. The van der Waals surface area contributed by atoms with Gasteiger partial charge in [-0.15, -0.1) is 0 Å². The van der Waals surface area contributed by atoms with Gasteiger partial charge in [-0.2, -0.15) is 0 Å². The van der Waals surface area contributed by atoms with Crippen LogP contribution >= 0.6 is 0 Å². The van der Waals surface area contributed by atoms with Crippen molar-refractivity contribution in [1.82, 2.24) is 5.32 Å².